The first kappa shape index (κ1) is 52.7. The predicted octanol–water partition coefficient (Wildman–Crippen LogP) is -12.4. The Morgan fingerprint density at radius 3 is 0.712 bits per heavy atom. The van der Waals surface area contributed by atoms with Gasteiger partial charge in [-0.2, -0.15) is 0 Å². The molecule has 0 spiro atoms. The predicted molar refractivity (Wildman–Crippen MR) is 199 cm³/mol. The lowest BCUT2D eigenvalue weighted by molar-refractivity contribution is -0.396. The number of aliphatic hydroxyl groups excluding tert-OH is 18. The number of hydrogen-bond acceptors (Lipinski definition) is 29. The van der Waals surface area contributed by atoms with E-state index in [0.717, 1.165) is 0 Å². The maximum Gasteiger partial charge on any atom is 0.187 e. The minimum Gasteiger partial charge on any atom is -0.396 e. The Kier molecular flexibility index (Phi) is 17.6. The van der Waals surface area contributed by atoms with Gasteiger partial charge in [0.15, 0.2) is 31.5 Å². The highest BCUT2D eigenvalue weighted by molar-refractivity contribution is 5.02. The fourth-order valence-electron chi connectivity index (χ4n) is 9.41. The zero-order chi connectivity index (χ0) is 48.0. The van der Waals surface area contributed by atoms with Crippen LogP contribution in [0, 0.1) is 5.92 Å². The van der Waals surface area contributed by atoms with E-state index in [9.17, 15) is 91.9 Å². The Morgan fingerprint density at radius 2 is 0.470 bits per heavy atom. The summed E-state index contributed by atoms with van der Waals surface area (Å²) in [5.74, 6) is -1.17. The molecule has 1 saturated carbocycles. The van der Waals surface area contributed by atoms with Gasteiger partial charge in [-0.25, -0.2) is 0 Å². The zero-order valence-corrected chi connectivity index (χ0v) is 34.8. The van der Waals surface area contributed by atoms with Crippen molar-refractivity contribution < 1.29 is 144 Å². The van der Waals surface area contributed by atoms with Gasteiger partial charge < -0.3 is 144 Å². The van der Waals surface area contributed by atoms with Crippen LogP contribution < -0.4 is 0 Å². The highest BCUT2D eigenvalue weighted by atomic mass is 16.8. The van der Waals surface area contributed by atoms with Crippen LogP contribution in [0.5, 0.6) is 0 Å². The summed E-state index contributed by atoms with van der Waals surface area (Å²) in [7, 11) is 0. The van der Waals surface area contributed by atoms with Crippen molar-refractivity contribution >= 4 is 0 Å². The molecule has 384 valence electrons. The fourth-order valence-corrected chi connectivity index (χ4v) is 9.41. The average molecular weight is 971 g/mol. The number of hydrogen-bond donors (Lipinski definition) is 18. The normalized spacial score (nSPS) is 55.4. The molecule has 12 bridgehead atoms. The molecule has 30 atom stereocenters. The van der Waals surface area contributed by atoms with E-state index >= 15 is 0 Å². The third-order valence-electron chi connectivity index (χ3n) is 13.2. The monoisotopic (exact) mass is 970 g/mol. The Labute approximate surface area is 373 Å². The van der Waals surface area contributed by atoms with E-state index in [1.165, 1.54) is 0 Å². The van der Waals surface area contributed by atoms with Crippen molar-refractivity contribution in [2.24, 2.45) is 5.92 Å². The van der Waals surface area contributed by atoms with Gasteiger partial charge in [-0.15, -0.1) is 0 Å². The zero-order valence-electron chi connectivity index (χ0n) is 34.8. The summed E-state index contributed by atoms with van der Waals surface area (Å²) in [6.07, 6.45) is -55.3. The van der Waals surface area contributed by atoms with Crippen LogP contribution in [0.4, 0.5) is 0 Å². The second-order valence-electron chi connectivity index (χ2n) is 17.3. The summed E-state index contributed by atoms with van der Waals surface area (Å²) in [6, 6.07) is 0. The van der Waals surface area contributed by atoms with Crippen molar-refractivity contribution in [3.05, 3.63) is 0 Å². The first-order valence-corrected chi connectivity index (χ1v) is 21.4. The second-order valence-corrected chi connectivity index (χ2v) is 17.3. The second kappa shape index (κ2) is 22.1. The van der Waals surface area contributed by atoms with E-state index in [1.54, 1.807) is 0 Å². The van der Waals surface area contributed by atoms with Gasteiger partial charge in [-0.3, -0.25) is 0 Å². The van der Waals surface area contributed by atoms with Crippen LogP contribution in [0.25, 0.3) is 0 Å². The largest absolute Gasteiger partial charge is 0.396 e. The van der Waals surface area contributed by atoms with E-state index in [2.05, 4.69) is 0 Å². The summed E-state index contributed by atoms with van der Waals surface area (Å²) in [6.45, 7) is -5.65. The van der Waals surface area contributed by atoms with Gasteiger partial charge in [-0.05, 0) is 6.42 Å². The highest BCUT2D eigenvalue weighted by Gasteiger charge is 2.58. The summed E-state index contributed by atoms with van der Waals surface area (Å²) < 4.78 is 62.8. The lowest BCUT2D eigenvalue weighted by Gasteiger charge is -2.50. The average Bonchev–Trinajstić information content (AvgIpc) is 3.31. The third kappa shape index (κ3) is 10.0. The minimum atomic E-state index is -2.14. The van der Waals surface area contributed by atoms with Gasteiger partial charge in [0.2, 0.25) is 0 Å². The molecule has 21 heterocycles. The van der Waals surface area contributed by atoms with Crippen LogP contribution in [0.1, 0.15) is 6.42 Å². The van der Waals surface area contributed by atoms with Crippen molar-refractivity contribution in [1.82, 2.24) is 0 Å². The number of rotatable bonds is 6. The number of aliphatic hydroxyl groups is 18. The molecule has 0 amide bonds. The maximum absolute atomic E-state index is 11.3. The fraction of sp³-hybridized carbons (Fsp3) is 1.00. The molecule has 29 heteroatoms. The Hall–Kier alpha value is -1.16. The topological polar surface area (TPSA) is 466 Å². The molecule has 18 N–H and O–H groups in total. The molecule has 0 aromatic heterocycles. The first-order valence-electron chi connectivity index (χ1n) is 21.4. The molecular weight excluding hydrogens is 908 g/mol. The van der Waals surface area contributed by atoms with Gasteiger partial charge in [-0.1, -0.05) is 0 Å². The maximum atomic E-state index is 11.3. The van der Waals surface area contributed by atoms with E-state index in [1.807, 2.05) is 0 Å². The van der Waals surface area contributed by atoms with E-state index in [-0.39, 0.29) is 6.42 Å². The van der Waals surface area contributed by atoms with Crippen molar-refractivity contribution in [1.29, 1.82) is 0 Å². The lowest BCUT2D eigenvalue weighted by Crippen LogP contribution is -2.68. The Morgan fingerprint density at radius 1 is 0.242 bits per heavy atom. The van der Waals surface area contributed by atoms with Crippen molar-refractivity contribution in [2.75, 3.05) is 39.6 Å². The van der Waals surface area contributed by atoms with E-state index in [0.29, 0.717) is 0 Å². The molecule has 0 radical (unpaired) electrons. The molecule has 22 fully saturated rings. The van der Waals surface area contributed by atoms with Crippen LogP contribution in [0.15, 0.2) is 0 Å². The molecule has 29 nitrogen and oxygen atoms in total. The van der Waals surface area contributed by atoms with Crippen LogP contribution in [0.3, 0.4) is 0 Å². The van der Waals surface area contributed by atoms with Gasteiger partial charge >= 0.3 is 0 Å². The summed E-state index contributed by atoms with van der Waals surface area (Å²) in [4.78, 5) is 0. The molecule has 0 aromatic rings. The van der Waals surface area contributed by atoms with Gasteiger partial charge in [0.05, 0.1) is 45.2 Å². The van der Waals surface area contributed by atoms with Crippen molar-refractivity contribution in [2.45, 2.75) is 184 Å². The highest BCUT2D eigenvalue weighted by Crippen LogP contribution is 2.39. The number of ether oxygens (including phenoxy) is 11. The molecule has 8 unspecified atom stereocenters. The standard InChI is InChI=1S/C37H62O29/c38-2-8-1-9-15(44)16(45)27(8)62-33-23(52)18(47)29(11(4-40)58-33)64-35-25(54)20(49)31(13(6-42)60-35)66-37-26(55)21(50)32(14(7-43)61-37)65-36-24(53)19(48)30(12(5-41)59-36)63-34-22(51)17(46)28(56-9)10(3-39)57-34/h8-55H,1-7H2/t8-,9?,10-,11-,12-,13-,14-,15+,16?,17-,18?,19-,20-,21-,22-,23-,24-,25-,26-,27-,28-,29-,30-,31-,32-,33?,34?,35?,36?,37?/m1/s1. The molecule has 22 rings (SSSR count). The molecular formula is C37H62O29. The SMILES string of the molecule is OC[C@H]1CC2O[C@H]3[C@H](O)[C@@H](O)C(O[C@H]4[C@H](O)[C@@H](O)C(O[C@H]5[C@H](O)[C@@H](O)C(O[C@H]6[C@H](O)[C@@H](O)C(O[C@@H]6CO)O[C@H]6C(O)[C@@H](O)C(O[C@@H]6CO)O[C@H]1C(O)[C@H]2O)O[C@@H]5CO)O[C@@H]4CO)O[C@@H]3CO. The van der Waals surface area contributed by atoms with Crippen molar-refractivity contribution in [3.8, 4) is 0 Å². The quantitative estimate of drug-likeness (QED) is 0.117. The summed E-state index contributed by atoms with van der Waals surface area (Å²) >= 11 is 0. The smallest absolute Gasteiger partial charge is 0.187 e. The Bertz CT molecular complexity index is 1230. The molecule has 21 saturated heterocycles. The lowest BCUT2D eigenvalue weighted by atomic mass is 9.80. The van der Waals surface area contributed by atoms with E-state index in [4.69, 9.17) is 52.1 Å². The Balaban J connectivity index is 1.19. The minimum absolute atomic E-state index is 0.374. The third-order valence-corrected chi connectivity index (χ3v) is 13.2. The van der Waals surface area contributed by atoms with Crippen LogP contribution in [0.2, 0.25) is 0 Å². The molecule has 22 aliphatic rings. The van der Waals surface area contributed by atoms with Crippen molar-refractivity contribution in [3.63, 3.8) is 0 Å². The van der Waals surface area contributed by atoms with Gasteiger partial charge in [0.25, 0.3) is 0 Å². The first-order chi connectivity index (χ1) is 31.4. The van der Waals surface area contributed by atoms with Gasteiger partial charge in [0, 0.05) is 12.5 Å². The van der Waals surface area contributed by atoms with Crippen LogP contribution >= 0.6 is 0 Å². The van der Waals surface area contributed by atoms with Crippen LogP contribution in [-0.2, 0) is 52.1 Å². The molecule has 1 aliphatic carbocycles. The summed E-state index contributed by atoms with van der Waals surface area (Å²) in [5, 5.41) is 196. The summed E-state index contributed by atoms with van der Waals surface area (Å²) in [5.41, 5.74) is 0. The van der Waals surface area contributed by atoms with E-state index < -0.39 is 224 Å². The molecule has 0 aromatic carbocycles. The van der Waals surface area contributed by atoms with Crippen LogP contribution in [-0.4, -0.2) is 310 Å². The van der Waals surface area contributed by atoms with Gasteiger partial charge in [0.1, 0.15) is 134 Å². The molecule has 66 heavy (non-hydrogen) atoms. The molecule has 21 aliphatic heterocycles.